The predicted molar refractivity (Wildman–Crippen MR) is 50.3 cm³/mol. The average molecular weight is 170 g/mol. The molecule has 0 fully saturated rings. The summed E-state index contributed by atoms with van der Waals surface area (Å²) in [6.45, 7) is 2.07. The second kappa shape index (κ2) is 3.63. The van der Waals surface area contributed by atoms with Gasteiger partial charge >= 0.3 is 0 Å². The first kappa shape index (κ1) is 8.41. The Morgan fingerprint density at radius 2 is 2.18 bits per heavy atom. The van der Waals surface area contributed by atoms with E-state index in [0.717, 1.165) is 0 Å². The third-order valence-electron chi connectivity index (χ3n) is 1.62. The molecule has 0 radical (unpaired) electrons. The van der Waals surface area contributed by atoms with Gasteiger partial charge in [-0.15, -0.1) is 11.6 Å². The fourth-order valence-electron chi connectivity index (χ4n) is 0.934. The Labute approximate surface area is 72.6 Å². The number of hydrogen-bond donors (Lipinski definition) is 0. The van der Waals surface area contributed by atoms with Crippen LogP contribution in [0.3, 0.4) is 0 Å². The monoisotopic (exact) mass is 169 g/mol. The van der Waals surface area contributed by atoms with Crippen molar-refractivity contribution in [1.29, 1.82) is 0 Å². The second-order valence-corrected chi connectivity index (χ2v) is 2.90. The van der Waals surface area contributed by atoms with Crippen molar-refractivity contribution in [3.63, 3.8) is 0 Å². The fourth-order valence-corrected chi connectivity index (χ4v) is 1.07. The van der Waals surface area contributed by atoms with Crippen molar-refractivity contribution >= 4 is 17.3 Å². The number of nitrogens with zero attached hydrogens (tertiary/aromatic N) is 1. The van der Waals surface area contributed by atoms with Gasteiger partial charge in [-0.05, 0) is 24.6 Å². The first-order chi connectivity index (χ1) is 5.24. The maximum Gasteiger partial charge on any atom is 0.0925 e. The Morgan fingerprint density at radius 1 is 1.45 bits per heavy atom. The number of rotatable bonds is 2. The molecule has 0 aliphatic heterocycles. The molecule has 1 nitrogen and oxygen atoms in total. The van der Waals surface area contributed by atoms with Gasteiger partial charge in [0, 0.05) is 12.7 Å². The van der Waals surface area contributed by atoms with Crippen LogP contribution < -0.4 is 4.90 Å². The molecule has 1 aromatic carbocycles. The molecule has 0 amide bonds. The van der Waals surface area contributed by atoms with Crippen LogP contribution in [0.2, 0.25) is 0 Å². The van der Waals surface area contributed by atoms with Crippen LogP contribution in [0.1, 0.15) is 5.56 Å². The summed E-state index contributed by atoms with van der Waals surface area (Å²) >= 11 is 5.66. The number of halogens is 1. The average Bonchev–Trinajstić information content (AvgIpc) is 2.03. The van der Waals surface area contributed by atoms with Crippen molar-refractivity contribution in [2.75, 3.05) is 18.0 Å². The quantitative estimate of drug-likeness (QED) is 0.486. The van der Waals surface area contributed by atoms with E-state index in [0.29, 0.717) is 6.00 Å². The van der Waals surface area contributed by atoms with Gasteiger partial charge in [0.2, 0.25) is 0 Å². The van der Waals surface area contributed by atoms with Crippen LogP contribution in [0.15, 0.2) is 24.3 Å². The third-order valence-corrected chi connectivity index (χ3v) is 1.98. The number of hydrogen-bond acceptors (Lipinski definition) is 1. The van der Waals surface area contributed by atoms with Crippen molar-refractivity contribution < 1.29 is 0 Å². The van der Waals surface area contributed by atoms with E-state index >= 15 is 0 Å². The van der Waals surface area contributed by atoms with Crippen LogP contribution in [0.4, 0.5) is 5.69 Å². The summed E-state index contributed by atoms with van der Waals surface area (Å²) in [6.07, 6.45) is 0. The summed E-state index contributed by atoms with van der Waals surface area (Å²) in [5.41, 5.74) is 2.43. The lowest BCUT2D eigenvalue weighted by Crippen LogP contribution is -2.13. The summed E-state index contributed by atoms with van der Waals surface area (Å²) in [5, 5.41) is 0. The van der Waals surface area contributed by atoms with Gasteiger partial charge in [-0.3, -0.25) is 0 Å². The molecule has 0 aliphatic rings. The highest BCUT2D eigenvalue weighted by Crippen LogP contribution is 2.13. The number of anilines is 1. The van der Waals surface area contributed by atoms with Gasteiger partial charge in [0.25, 0.3) is 0 Å². The van der Waals surface area contributed by atoms with Gasteiger partial charge < -0.3 is 4.90 Å². The lowest BCUT2D eigenvalue weighted by molar-refractivity contribution is 1.09. The third kappa shape index (κ3) is 2.12. The topological polar surface area (TPSA) is 3.24 Å². The van der Waals surface area contributed by atoms with Crippen molar-refractivity contribution in [2.45, 2.75) is 6.92 Å². The molecule has 0 spiro atoms. The highest BCUT2D eigenvalue weighted by Gasteiger charge is 1.96. The minimum absolute atomic E-state index is 0.531. The number of benzene rings is 1. The molecular weight excluding hydrogens is 158 g/mol. The second-order valence-electron chi connectivity index (χ2n) is 2.66. The van der Waals surface area contributed by atoms with Crippen molar-refractivity contribution in [3.8, 4) is 0 Å². The van der Waals surface area contributed by atoms with Crippen LogP contribution in [-0.2, 0) is 0 Å². The van der Waals surface area contributed by atoms with Crippen LogP contribution in [-0.4, -0.2) is 13.1 Å². The van der Waals surface area contributed by atoms with E-state index in [1.807, 2.05) is 18.0 Å². The molecule has 0 saturated heterocycles. The zero-order valence-electron chi connectivity index (χ0n) is 6.84. The molecule has 60 valence electrons. The first-order valence-electron chi connectivity index (χ1n) is 3.58. The smallest absolute Gasteiger partial charge is 0.0925 e. The van der Waals surface area contributed by atoms with Crippen LogP contribution in [0, 0.1) is 6.92 Å². The molecule has 0 bridgehead atoms. The van der Waals surface area contributed by atoms with E-state index in [4.69, 9.17) is 11.6 Å². The van der Waals surface area contributed by atoms with Crippen LogP contribution in [0.5, 0.6) is 0 Å². The zero-order chi connectivity index (χ0) is 8.27. The lowest BCUT2D eigenvalue weighted by atomic mass is 10.2. The first-order valence-corrected chi connectivity index (χ1v) is 4.11. The number of aryl methyl sites for hydroxylation is 1. The zero-order valence-corrected chi connectivity index (χ0v) is 7.60. The highest BCUT2D eigenvalue weighted by molar-refractivity contribution is 6.18. The standard InChI is InChI=1S/C9H12ClN/c1-8-4-3-5-9(6-8)11(2)7-10/h3-6H,7H2,1-2H3. The van der Waals surface area contributed by atoms with Crippen molar-refractivity contribution in [1.82, 2.24) is 0 Å². The molecule has 0 aromatic heterocycles. The molecule has 0 atom stereocenters. The Bertz CT molecular complexity index is 235. The van der Waals surface area contributed by atoms with Crippen molar-refractivity contribution in [3.05, 3.63) is 29.8 Å². The normalized spacial score (nSPS) is 9.73. The summed E-state index contributed by atoms with van der Waals surface area (Å²) in [4.78, 5) is 1.99. The minimum atomic E-state index is 0.531. The summed E-state index contributed by atoms with van der Waals surface area (Å²) in [7, 11) is 1.97. The van der Waals surface area contributed by atoms with Gasteiger partial charge in [0.05, 0.1) is 6.00 Å². The molecule has 1 rings (SSSR count). The fraction of sp³-hybridized carbons (Fsp3) is 0.333. The van der Waals surface area contributed by atoms with E-state index in [1.54, 1.807) is 0 Å². The molecule has 0 heterocycles. The molecule has 0 unspecified atom stereocenters. The Hall–Kier alpha value is -0.690. The predicted octanol–water partition coefficient (Wildman–Crippen LogP) is 2.63. The summed E-state index contributed by atoms with van der Waals surface area (Å²) < 4.78 is 0. The molecule has 2 heteroatoms. The van der Waals surface area contributed by atoms with E-state index < -0.39 is 0 Å². The maximum absolute atomic E-state index is 5.66. The van der Waals surface area contributed by atoms with E-state index in [9.17, 15) is 0 Å². The lowest BCUT2D eigenvalue weighted by Gasteiger charge is -2.15. The maximum atomic E-state index is 5.66. The molecule has 11 heavy (non-hydrogen) atoms. The van der Waals surface area contributed by atoms with Gasteiger partial charge in [0.1, 0.15) is 0 Å². The van der Waals surface area contributed by atoms with Gasteiger partial charge in [-0.2, -0.15) is 0 Å². The Morgan fingerprint density at radius 3 is 2.73 bits per heavy atom. The highest BCUT2D eigenvalue weighted by atomic mass is 35.5. The Kier molecular flexibility index (Phi) is 2.77. The molecule has 0 N–H and O–H groups in total. The van der Waals surface area contributed by atoms with Gasteiger partial charge in [-0.1, -0.05) is 12.1 Å². The summed E-state index contributed by atoms with van der Waals surface area (Å²) in [5.74, 6) is 0. The van der Waals surface area contributed by atoms with Gasteiger partial charge in [0.15, 0.2) is 0 Å². The Balaban J connectivity index is 2.86. The largest absolute Gasteiger partial charge is 0.361 e. The van der Waals surface area contributed by atoms with Crippen LogP contribution in [0.25, 0.3) is 0 Å². The van der Waals surface area contributed by atoms with Crippen molar-refractivity contribution in [2.24, 2.45) is 0 Å². The van der Waals surface area contributed by atoms with Gasteiger partial charge in [-0.25, -0.2) is 0 Å². The molecular formula is C9H12ClN. The van der Waals surface area contributed by atoms with E-state index in [2.05, 4.69) is 25.1 Å². The summed E-state index contributed by atoms with van der Waals surface area (Å²) in [6, 6.07) is 8.81. The van der Waals surface area contributed by atoms with Crippen LogP contribution >= 0.6 is 11.6 Å². The molecule has 1 aromatic rings. The molecule has 0 aliphatic carbocycles. The van der Waals surface area contributed by atoms with E-state index in [1.165, 1.54) is 11.3 Å². The van der Waals surface area contributed by atoms with E-state index in [-0.39, 0.29) is 0 Å². The minimum Gasteiger partial charge on any atom is -0.361 e. The number of alkyl halides is 1. The SMILES string of the molecule is Cc1cccc(N(C)CCl)c1. The molecule has 0 saturated carbocycles.